The minimum atomic E-state index is 0.209. The first kappa shape index (κ1) is 12.7. The lowest BCUT2D eigenvalue weighted by Crippen LogP contribution is -2.50. The van der Waals surface area contributed by atoms with Crippen LogP contribution < -0.4 is 5.32 Å². The summed E-state index contributed by atoms with van der Waals surface area (Å²) >= 11 is 0. The van der Waals surface area contributed by atoms with E-state index in [1.807, 2.05) is 24.3 Å². The Hall–Kier alpha value is -1.37. The van der Waals surface area contributed by atoms with E-state index >= 15 is 0 Å². The van der Waals surface area contributed by atoms with Gasteiger partial charge in [-0.15, -0.1) is 0 Å². The molecule has 1 saturated carbocycles. The number of hydrogen-bond donors (Lipinski definition) is 1. The largest absolute Gasteiger partial charge is 0.375 e. The summed E-state index contributed by atoms with van der Waals surface area (Å²) < 4.78 is 5.94. The highest BCUT2D eigenvalue weighted by Gasteiger charge is 2.42. The van der Waals surface area contributed by atoms with E-state index < -0.39 is 0 Å². The third-order valence-electron chi connectivity index (χ3n) is 4.44. The molecule has 0 aromatic heterocycles. The molecule has 1 spiro atoms. The lowest BCUT2D eigenvalue weighted by molar-refractivity contribution is -0.135. The lowest BCUT2D eigenvalue weighted by atomic mass is 9.74. The van der Waals surface area contributed by atoms with Gasteiger partial charge in [0.05, 0.1) is 17.2 Å². The number of hydrogen-bond acceptors (Lipinski definition) is 3. The fourth-order valence-electron chi connectivity index (χ4n) is 3.08. The van der Waals surface area contributed by atoms with Crippen molar-refractivity contribution < 1.29 is 4.74 Å². The monoisotopic (exact) mass is 256 g/mol. The van der Waals surface area contributed by atoms with E-state index in [2.05, 4.69) is 11.4 Å². The number of nitrogens with zero attached hydrogens (tertiary/aromatic N) is 1. The lowest BCUT2D eigenvalue weighted by Gasteiger charge is -2.47. The molecule has 2 fully saturated rings. The predicted octanol–water partition coefficient (Wildman–Crippen LogP) is 2.75. The van der Waals surface area contributed by atoms with Crippen LogP contribution in [-0.2, 0) is 11.3 Å². The summed E-state index contributed by atoms with van der Waals surface area (Å²) in [5, 5.41) is 12.4. The quantitative estimate of drug-likeness (QED) is 0.904. The van der Waals surface area contributed by atoms with Crippen molar-refractivity contribution in [2.45, 2.75) is 50.3 Å². The van der Waals surface area contributed by atoms with Crippen LogP contribution >= 0.6 is 0 Å². The number of nitriles is 1. The molecular weight excluding hydrogens is 236 g/mol. The molecule has 0 radical (unpaired) electrons. The van der Waals surface area contributed by atoms with Crippen molar-refractivity contribution in [2.75, 3.05) is 6.61 Å². The average molecular weight is 256 g/mol. The molecule has 0 bridgehead atoms. The molecule has 3 rings (SSSR count). The molecule has 1 aliphatic heterocycles. The average Bonchev–Trinajstić information content (AvgIpc) is 2.44. The van der Waals surface area contributed by atoms with Crippen LogP contribution in [0.15, 0.2) is 24.3 Å². The summed E-state index contributed by atoms with van der Waals surface area (Å²) in [6.45, 7) is 1.78. The smallest absolute Gasteiger partial charge is 0.0991 e. The Kier molecular flexibility index (Phi) is 3.54. The molecule has 1 aliphatic carbocycles. The van der Waals surface area contributed by atoms with Crippen LogP contribution in [-0.4, -0.2) is 18.2 Å². The predicted molar refractivity (Wildman–Crippen MR) is 73.6 cm³/mol. The maximum atomic E-state index is 8.77. The molecule has 1 saturated heterocycles. The first-order valence-corrected chi connectivity index (χ1v) is 7.16. The second kappa shape index (κ2) is 5.32. The third kappa shape index (κ3) is 2.80. The number of benzene rings is 1. The van der Waals surface area contributed by atoms with Crippen LogP contribution in [0.5, 0.6) is 0 Å². The van der Waals surface area contributed by atoms with Crippen molar-refractivity contribution in [3.63, 3.8) is 0 Å². The summed E-state index contributed by atoms with van der Waals surface area (Å²) in [6.07, 6.45) is 6.06. The van der Waals surface area contributed by atoms with Crippen molar-refractivity contribution in [2.24, 2.45) is 0 Å². The van der Waals surface area contributed by atoms with Gasteiger partial charge in [0.15, 0.2) is 0 Å². The molecule has 100 valence electrons. The van der Waals surface area contributed by atoms with E-state index in [1.165, 1.54) is 24.8 Å². The molecule has 1 unspecified atom stereocenters. The number of ether oxygens (including phenoxy) is 1. The Morgan fingerprint density at radius 2 is 2.11 bits per heavy atom. The van der Waals surface area contributed by atoms with E-state index in [9.17, 15) is 0 Å². The SMILES string of the molecule is N#Cc1ccc(CNC2CCOC3(CCC3)C2)cc1. The molecule has 1 atom stereocenters. The molecule has 1 aromatic carbocycles. The highest BCUT2D eigenvalue weighted by molar-refractivity contribution is 5.31. The molecular formula is C16H20N2O. The summed E-state index contributed by atoms with van der Waals surface area (Å²) in [5.41, 5.74) is 2.18. The Balaban J connectivity index is 1.52. The Morgan fingerprint density at radius 1 is 1.32 bits per heavy atom. The van der Waals surface area contributed by atoms with Crippen molar-refractivity contribution in [1.29, 1.82) is 5.26 Å². The van der Waals surface area contributed by atoms with Crippen LogP contribution in [0.3, 0.4) is 0 Å². The van der Waals surface area contributed by atoms with E-state index in [0.29, 0.717) is 6.04 Å². The summed E-state index contributed by atoms with van der Waals surface area (Å²) in [4.78, 5) is 0. The zero-order valence-corrected chi connectivity index (χ0v) is 11.2. The van der Waals surface area contributed by atoms with Crippen LogP contribution in [0, 0.1) is 11.3 Å². The van der Waals surface area contributed by atoms with Gasteiger partial charge in [0, 0.05) is 19.2 Å². The molecule has 1 aromatic rings. The first-order valence-electron chi connectivity index (χ1n) is 7.16. The van der Waals surface area contributed by atoms with Gasteiger partial charge in [-0.25, -0.2) is 0 Å². The highest BCUT2D eigenvalue weighted by atomic mass is 16.5. The van der Waals surface area contributed by atoms with Gasteiger partial charge in [0.1, 0.15) is 0 Å². The van der Waals surface area contributed by atoms with Crippen LogP contribution in [0.4, 0.5) is 0 Å². The summed E-state index contributed by atoms with van der Waals surface area (Å²) in [5.74, 6) is 0. The van der Waals surface area contributed by atoms with Gasteiger partial charge in [0.25, 0.3) is 0 Å². The molecule has 1 N–H and O–H groups in total. The van der Waals surface area contributed by atoms with Crippen LogP contribution in [0.1, 0.15) is 43.2 Å². The van der Waals surface area contributed by atoms with E-state index in [4.69, 9.17) is 10.00 Å². The third-order valence-corrected chi connectivity index (χ3v) is 4.44. The van der Waals surface area contributed by atoms with Crippen LogP contribution in [0.25, 0.3) is 0 Å². The normalized spacial score (nSPS) is 24.7. The Morgan fingerprint density at radius 3 is 2.74 bits per heavy atom. The van der Waals surface area contributed by atoms with Crippen LogP contribution in [0.2, 0.25) is 0 Å². The minimum Gasteiger partial charge on any atom is -0.375 e. The van der Waals surface area contributed by atoms with Crippen molar-refractivity contribution in [1.82, 2.24) is 5.32 Å². The maximum absolute atomic E-state index is 8.77. The van der Waals surface area contributed by atoms with E-state index in [-0.39, 0.29) is 5.60 Å². The molecule has 1 heterocycles. The highest BCUT2D eigenvalue weighted by Crippen LogP contribution is 2.42. The first-order chi connectivity index (χ1) is 9.30. The fourth-order valence-corrected chi connectivity index (χ4v) is 3.08. The Bertz CT molecular complexity index is 471. The number of rotatable bonds is 3. The molecule has 2 aliphatic rings. The zero-order chi connectivity index (χ0) is 13.1. The molecule has 19 heavy (non-hydrogen) atoms. The van der Waals surface area contributed by atoms with Crippen molar-refractivity contribution >= 4 is 0 Å². The maximum Gasteiger partial charge on any atom is 0.0991 e. The number of nitrogens with one attached hydrogen (secondary N) is 1. The van der Waals surface area contributed by atoms with Gasteiger partial charge in [-0.2, -0.15) is 5.26 Å². The van der Waals surface area contributed by atoms with Gasteiger partial charge in [-0.05, 0) is 49.8 Å². The zero-order valence-electron chi connectivity index (χ0n) is 11.2. The van der Waals surface area contributed by atoms with E-state index in [0.717, 1.165) is 31.6 Å². The topological polar surface area (TPSA) is 45.0 Å². The molecule has 3 heteroatoms. The second-order valence-electron chi connectivity index (χ2n) is 5.76. The van der Waals surface area contributed by atoms with Crippen molar-refractivity contribution in [3.8, 4) is 6.07 Å². The second-order valence-corrected chi connectivity index (χ2v) is 5.76. The molecule has 0 amide bonds. The summed E-state index contributed by atoms with van der Waals surface area (Å²) in [6, 6.07) is 10.6. The molecule has 3 nitrogen and oxygen atoms in total. The van der Waals surface area contributed by atoms with E-state index in [1.54, 1.807) is 0 Å². The van der Waals surface area contributed by atoms with Gasteiger partial charge in [-0.3, -0.25) is 0 Å². The standard InChI is InChI=1S/C16H20N2O/c17-11-13-2-4-14(5-3-13)12-18-15-6-9-19-16(10-15)7-1-8-16/h2-5,15,18H,1,6-10,12H2. The minimum absolute atomic E-state index is 0.209. The van der Waals surface area contributed by atoms with Gasteiger partial charge < -0.3 is 10.1 Å². The van der Waals surface area contributed by atoms with Gasteiger partial charge in [0.2, 0.25) is 0 Å². The van der Waals surface area contributed by atoms with Crippen molar-refractivity contribution in [3.05, 3.63) is 35.4 Å². The fraction of sp³-hybridized carbons (Fsp3) is 0.562. The van der Waals surface area contributed by atoms with Gasteiger partial charge >= 0.3 is 0 Å². The Labute approximate surface area is 114 Å². The van der Waals surface area contributed by atoms with Gasteiger partial charge in [-0.1, -0.05) is 12.1 Å². The summed E-state index contributed by atoms with van der Waals surface area (Å²) in [7, 11) is 0.